The molecule has 0 fully saturated rings. The van der Waals surface area contributed by atoms with Gasteiger partial charge in [-0.2, -0.15) is 0 Å². The van der Waals surface area contributed by atoms with Crippen LogP contribution in [-0.4, -0.2) is 17.0 Å². The molecule has 0 atom stereocenters. The molecule has 0 aliphatic heterocycles. The largest absolute Gasteiger partial charge is 0.477 e. The van der Waals surface area contributed by atoms with Gasteiger partial charge in [-0.25, -0.2) is 4.79 Å². The molecule has 3 aromatic carbocycles. The van der Waals surface area contributed by atoms with Gasteiger partial charge in [0.1, 0.15) is 17.2 Å². The molecule has 160 valence electrons. The fraction of sp³-hybridized carbons (Fsp3) is 0.0400. The average molecular weight is 508 g/mol. The van der Waals surface area contributed by atoms with E-state index in [1.165, 1.54) is 6.08 Å². The number of amides is 1. The molecule has 0 bridgehead atoms. The van der Waals surface area contributed by atoms with E-state index in [1.807, 2.05) is 53.9 Å². The number of fused-ring (bicyclic) bond motifs is 1. The van der Waals surface area contributed by atoms with Crippen molar-refractivity contribution in [2.45, 2.75) is 6.42 Å². The van der Waals surface area contributed by atoms with Gasteiger partial charge in [0, 0.05) is 4.70 Å². The summed E-state index contributed by atoms with van der Waals surface area (Å²) < 4.78 is 7.75. The number of ether oxygens (including phenoxy) is 1. The van der Waals surface area contributed by atoms with E-state index in [1.54, 1.807) is 35.6 Å². The van der Waals surface area contributed by atoms with Crippen molar-refractivity contribution in [1.82, 2.24) is 5.32 Å². The van der Waals surface area contributed by atoms with Gasteiger partial charge in [0.25, 0.3) is 0 Å². The predicted molar refractivity (Wildman–Crippen MR) is 130 cm³/mol. The third kappa shape index (κ3) is 5.25. The summed E-state index contributed by atoms with van der Waals surface area (Å²) in [6, 6.07) is 22.2. The van der Waals surface area contributed by atoms with Crippen LogP contribution < -0.4 is 10.1 Å². The second-order valence-electron chi connectivity index (χ2n) is 6.94. The van der Waals surface area contributed by atoms with E-state index in [-0.39, 0.29) is 18.0 Å². The van der Waals surface area contributed by atoms with Crippen LogP contribution in [0.25, 0.3) is 16.2 Å². The van der Waals surface area contributed by atoms with Crippen molar-refractivity contribution < 1.29 is 19.4 Å². The van der Waals surface area contributed by atoms with E-state index >= 15 is 0 Å². The summed E-state index contributed by atoms with van der Waals surface area (Å²) in [6.45, 7) is 0. The van der Waals surface area contributed by atoms with E-state index in [0.29, 0.717) is 17.1 Å². The molecule has 1 aromatic heterocycles. The first-order chi connectivity index (χ1) is 15.5. The van der Waals surface area contributed by atoms with Gasteiger partial charge >= 0.3 is 5.97 Å². The zero-order chi connectivity index (χ0) is 22.5. The van der Waals surface area contributed by atoms with Crippen molar-refractivity contribution in [3.8, 4) is 11.5 Å². The first-order valence-electron chi connectivity index (χ1n) is 9.72. The molecule has 4 rings (SSSR count). The number of halogens is 1. The number of carbonyl (C=O) groups excluding carboxylic acids is 1. The van der Waals surface area contributed by atoms with E-state index in [2.05, 4.69) is 21.2 Å². The highest BCUT2D eigenvalue weighted by molar-refractivity contribution is 9.10. The molecule has 0 radical (unpaired) electrons. The Labute approximate surface area is 197 Å². The highest BCUT2D eigenvalue weighted by Crippen LogP contribution is 2.29. The van der Waals surface area contributed by atoms with Crippen LogP contribution in [-0.2, 0) is 16.0 Å². The molecular formula is C25H18BrNO4S. The number of benzene rings is 3. The Bertz CT molecular complexity index is 1310. The molecule has 0 saturated heterocycles. The van der Waals surface area contributed by atoms with Gasteiger partial charge in [0.15, 0.2) is 0 Å². The Morgan fingerprint density at radius 3 is 2.53 bits per heavy atom. The molecule has 0 aliphatic carbocycles. The number of carboxylic acid groups (broad SMARTS) is 1. The Hall–Kier alpha value is -3.42. The number of rotatable bonds is 7. The van der Waals surface area contributed by atoms with Crippen molar-refractivity contribution in [2.75, 3.05) is 0 Å². The first kappa shape index (κ1) is 21.8. The van der Waals surface area contributed by atoms with Crippen LogP contribution in [0.4, 0.5) is 0 Å². The van der Waals surface area contributed by atoms with Crippen molar-refractivity contribution in [3.63, 3.8) is 0 Å². The lowest BCUT2D eigenvalue weighted by molar-refractivity contribution is -0.134. The third-order valence-electron chi connectivity index (χ3n) is 4.70. The predicted octanol–water partition coefficient (Wildman–Crippen LogP) is 6.24. The van der Waals surface area contributed by atoms with Gasteiger partial charge in [0.05, 0.1) is 10.9 Å². The minimum Gasteiger partial charge on any atom is -0.477 e. The van der Waals surface area contributed by atoms with Gasteiger partial charge in [0.2, 0.25) is 5.91 Å². The first-order valence-corrected chi connectivity index (χ1v) is 11.4. The van der Waals surface area contributed by atoms with Crippen LogP contribution in [0.1, 0.15) is 11.1 Å². The standard InChI is InChI=1S/C25H18BrNO4S/c26-20-5-1-2-6-22(20)31-18-10-8-16(9-11-18)14-21(25(29)30)27-24(28)15-17-4-3-7-23-19(17)12-13-32-23/h1-14H,15H2,(H,27,28)(H,29,30)/b21-14+. The van der Waals surface area contributed by atoms with Gasteiger partial charge in [-0.05, 0) is 80.3 Å². The number of hydrogen-bond acceptors (Lipinski definition) is 4. The maximum absolute atomic E-state index is 12.5. The Morgan fingerprint density at radius 1 is 1.00 bits per heavy atom. The maximum atomic E-state index is 12.5. The van der Waals surface area contributed by atoms with Gasteiger partial charge < -0.3 is 15.2 Å². The molecule has 0 aliphatic rings. The molecule has 32 heavy (non-hydrogen) atoms. The number of carboxylic acids is 1. The smallest absolute Gasteiger partial charge is 0.352 e. The summed E-state index contributed by atoms with van der Waals surface area (Å²) in [5.74, 6) is -0.305. The lowest BCUT2D eigenvalue weighted by atomic mass is 10.1. The molecule has 0 saturated carbocycles. The lowest BCUT2D eigenvalue weighted by Gasteiger charge is -2.09. The van der Waals surface area contributed by atoms with Crippen LogP contribution in [0.2, 0.25) is 0 Å². The number of aliphatic carboxylic acids is 1. The number of nitrogens with one attached hydrogen (secondary N) is 1. The summed E-state index contributed by atoms with van der Waals surface area (Å²) in [5.41, 5.74) is 1.30. The minimum atomic E-state index is -1.21. The maximum Gasteiger partial charge on any atom is 0.352 e. The topological polar surface area (TPSA) is 75.6 Å². The monoisotopic (exact) mass is 507 g/mol. The van der Waals surface area contributed by atoms with Crippen molar-refractivity contribution in [1.29, 1.82) is 0 Å². The molecule has 0 spiro atoms. The molecular weight excluding hydrogens is 490 g/mol. The van der Waals surface area contributed by atoms with Crippen LogP contribution >= 0.6 is 27.3 Å². The fourth-order valence-electron chi connectivity index (χ4n) is 3.18. The number of para-hydroxylation sites is 1. The van der Waals surface area contributed by atoms with E-state index in [9.17, 15) is 14.7 Å². The number of carbonyl (C=O) groups is 2. The van der Waals surface area contributed by atoms with E-state index < -0.39 is 5.97 Å². The Morgan fingerprint density at radius 2 is 1.78 bits per heavy atom. The van der Waals surface area contributed by atoms with Gasteiger partial charge in [-0.1, -0.05) is 36.4 Å². The van der Waals surface area contributed by atoms with Crippen LogP contribution in [0.5, 0.6) is 11.5 Å². The Kier molecular flexibility index (Phi) is 6.68. The van der Waals surface area contributed by atoms with Gasteiger partial charge in [-0.3, -0.25) is 4.79 Å². The summed E-state index contributed by atoms with van der Waals surface area (Å²) in [6.07, 6.45) is 1.52. The molecule has 1 amide bonds. The summed E-state index contributed by atoms with van der Waals surface area (Å²) in [5, 5.41) is 15.1. The second-order valence-corrected chi connectivity index (χ2v) is 8.74. The summed E-state index contributed by atoms with van der Waals surface area (Å²) in [4.78, 5) is 24.2. The number of thiophene rings is 1. The fourth-order valence-corrected chi connectivity index (χ4v) is 4.38. The zero-order valence-corrected chi connectivity index (χ0v) is 19.2. The van der Waals surface area contributed by atoms with Crippen LogP contribution in [0.3, 0.4) is 0 Å². The van der Waals surface area contributed by atoms with Crippen LogP contribution in [0, 0.1) is 0 Å². The quantitative estimate of drug-likeness (QED) is 0.290. The van der Waals surface area contributed by atoms with Crippen molar-refractivity contribution in [3.05, 3.63) is 99.5 Å². The lowest BCUT2D eigenvalue weighted by Crippen LogP contribution is -2.28. The van der Waals surface area contributed by atoms with E-state index in [0.717, 1.165) is 20.1 Å². The Balaban J connectivity index is 1.46. The van der Waals surface area contributed by atoms with E-state index in [4.69, 9.17) is 4.74 Å². The highest BCUT2D eigenvalue weighted by Gasteiger charge is 2.14. The molecule has 0 unspecified atom stereocenters. The van der Waals surface area contributed by atoms with Gasteiger partial charge in [-0.15, -0.1) is 11.3 Å². The molecule has 7 heteroatoms. The number of hydrogen-bond donors (Lipinski definition) is 2. The third-order valence-corrected chi connectivity index (χ3v) is 6.23. The average Bonchev–Trinajstić information content (AvgIpc) is 3.26. The molecule has 5 nitrogen and oxygen atoms in total. The zero-order valence-electron chi connectivity index (χ0n) is 16.7. The van der Waals surface area contributed by atoms with Crippen molar-refractivity contribution in [2.24, 2.45) is 0 Å². The minimum absolute atomic E-state index is 0.0947. The molecule has 2 N–H and O–H groups in total. The van der Waals surface area contributed by atoms with Crippen LogP contribution in [0.15, 0.2) is 88.3 Å². The second kappa shape index (κ2) is 9.80. The highest BCUT2D eigenvalue weighted by atomic mass is 79.9. The summed E-state index contributed by atoms with van der Waals surface area (Å²) in [7, 11) is 0. The summed E-state index contributed by atoms with van der Waals surface area (Å²) >= 11 is 5.04. The SMILES string of the molecule is O=C(Cc1cccc2sccc12)N/C(=C/c1ccc(Oc2ccccc2Br)cc1)C(=O)O. The molecule has 1 heterocycles. The normalized spacial score (nSPS) is 11.3. The molecule has 4 aromatic rings. The van der Waals surface area contributed by atoms with Crippen molar-refractivity contribution >= 4 is 55.3 Å².